The van der Waals surface area contributed by atoms with Crippen LogP contribution in [0.4, 0.5) is 0 Å². The highest BCUT2D eigenvalue weighted by molar-refractivity contribution is 6.30. The summed E-state index contributed by atoms with van der Waals surface area (Å²) >= 11 is 5.82. The lowest BCUT2D eigenvalue weighted by molar-refractivity contribution is 0.154. The molecule has 0 radical (unpaired) electrons. The van der Waals surface area contributed by atoms with Gasteiger partial charge >= 0.3 is 0 Å². The van der Waals surface area contributed by atoms with E-state index in [1.54, 1.807) is 6.21 Å². The maximum Gasteiger partial charge on any atom is 0.101 e. The number of hydrogen-bond acceptors (Lipinski definition) is 2. The van der Waals surface area contributed by atoms with Crippen molar-refractivity contribution in [3.05, 3.63) is 70.7 Å². The van der Waals surface area contributed by atoms with E-state index < -0.39 is 6.10 Å². The van der Waals surface area contributed by atoms with Crippen LogP contribution in [0.5, 0.6) is 0 Å². The molecular formula is C16H16ClNO. The second kappa shape index (κ2) is 6.50. The van der Waals surface area contributed by atoms with Gasteiger partial charge in [-0.3, -0.25) is 4.99 Å². The number of halogens is 1. The Bertz CT molecular complexity index is 536. The van der Waals surface area contributed by atoms with Gasteiger partial charge in [-0.2, -0.15) is 0 Å². The highest BCUT2D eigenvalue weighted by Crippen LogP contribution is 2.18. The molecule has 3 heteroatoms. The molecule has 0 amide bonds. The van der Waals surface area contributed by atoms with Gasteiger partial charge in [0.05, 0.1) is 6.04 Å². The Kier molecular flexibility index (Phi) is 4.72. The lowest BCUT2D eigenvalue weighted by atomic mass is 10.0. The molecule has 0 aliphatic heterocycles. The van der Waals surface area contributed by atoms with Gasteiger partial charge in [0, 0.05) is 11.2 Å². The van der Waals surface area contributed by atoms with Gasteiger partial charge in [-0.1, -0.05) is 54.1 Å². The summed E-state index contributed by atoms with van der Waals surface area (Å²) in [5, 5.41) is 10.9. The van der Waals surface area contributed by atoms with Crippen molar-refractivity contribution in [1.82, 2.24) is 0 Å². The third-order valence-corrected chi connectivity index (χ3v) is 3.18. The topological polar surface area (TPSA) is 32.6 Å². The quantitative estimate of drug-likeness (QED) is 0.843. The van der Waals surface area contributed by atoms with E-state index in [9.17, 15) is 5.11 Å². The van der Waals surface area contributed by atoms with Crippen molar-refractivity contribution >= 4 is 17.8 Å². The number of aliphatic hydroxyl groups excluding tert-OH is 1. The van der Waals surface area contributed by atoms with Crippen LogP contribution in [0.3, 0.4) is 0 Å². The fourth-order valence-electron chi connectivity index (χ4n) is 1.76. The first-order valence-electron chi connectivity index (χ1n) is 6.18. The van der Waals surface area contributed by atoms with E-state index in [0.717, 1.165) is 11.1 Å². The SMILES string of the molecule is C[C@H](N=Cc1ccc(Cl)cc1)[C@H](O)c1ccccc1. The van der Waals surface area contributed by atoms with Crippen molar-refractivity contribution in [2.24, 2.45) is 4.99 Å². The van der Waals surface area contributed by atoms with E-state index in [1.165, 1.54) is 0 Å². The van der Waals surface area contributed by atoms with Gasteiger partial charge in [-0.15, -0.1) is 0 Å². The largest absolute Gasteiger partial charge is 0.386 e. The summed E-state index contributed by atoms with van der Waals surface area (Å²) in [7, 11) is 0. The van der Waals surface area contributed by atoms with Crippen LogP contribution >= 0.6 is 11.6 Å². The summed E-state index contributed by atoms with van der Waals surface area (Å²) in [6.07, 6.45) is 1.16. The summed E-state index contributed by atoms with van der Waals surface area (Å²) in [4.78, 5) is 4.38. The van der Waals surface area contributed by atoms with E-state index in [0.29, 0.717) is 5.02 Å². The Hall–Kier alpha value is -1.64. The number of hydrogen-bond donors (Lipinski definition) is 1. The van der Waals surface area contributed by atoms with Crippen LogP contribution in [0, 0.1) is 0 Å². The average molecular weight is 274 g/mol. The first kappa shape index (κ1) is 13.8. The molecule has 0 aliphatic carbocycles. The van der Waals surface area contributed by atoms with Crippen molar-refractivity contribution < 1.29 is 5.11 Å². The Morgan fingerprint density at radius 1 is 1.05 bits per heavy atom. The summed E-state index contributed by atoms with van der Waals surface area (Å²) in [6.45, 7) is 1.89. The minimum atomic E-state index is -0.593. The Morgan fingerprint density at radius 3 is 2.32 bits per heavy atom. The number of benzene rings is 2. The monoisotopic (exact) mass is 273 g/mol. The van der Waals surface area contributed by atoms with Gasteiger partial charge in [0.15, 0.2) is 0 Å². The van der Waals surface area contributed by atoms with E-state index >= 15 is 0 Å². The number of nitrogens with zero attached hydrogens (tertiary/aromatic N) is 1. The van der Waals surface area contributed by atoms with Crippen molar-refractivity contribution in [1.29, 1.82) is 0 Å². The van der Waals surface area contributed by atoms with E-state index in [4.69, 9.17) is 11.6 Å². The number of aliphatic hydroxyl groups is 1. The molecule has 98 valence electrons. The van der Waals surface area contributed by atoms with Crippen LogP contribution in [0.1, 0.15) is 24.2 Å². The molecular weight excluding hydrogens is 258 g/mol. The molecule has 2 aromatic rings. The number of rotatable bonds is 4. The molecule has 0 aliphatic rings. The molecule has 0 aromatic heterocycles. The molecule has 0 spiro atoms. The first-order chi connectivity index (χ1) is 9.16. The average Bonchev–Trinajstić information content (AvgIpc) is 2.46. The molecule has 0 fully saturated rings. The maximum absolute atomic E-state index is 10.2. The van der Waals surface area contributed by atoms with Crippen molar-refractivity contribution in [2.75, 3.05) is 0 Å². The molecule has 2 aromatic carbocycles. The summed E-state index contributed by atoms with van der Waals surface area (Å²) in [5.41, 5.74) is 1.85. The van der Waals surface area contributed by atoms with Gasteiger partial charge in [0.2, 0.25) is 0 Å². The minimum Gasteiger partial charge on any atom is -0.386 e. The Morgan fingerprint density at radius 2 is 1.68 bits per heavy atom. The van der Waals surface area contributed by atoms with Crippen LogP contribution in [-0.2, 0) is 0 Å². The molecule has 0 bridgehead atoms. The van der Waals surface area contributed by atoms with Crippen molar-refractivity contribution in [3.63, 3.8) is 0 Å². The third kappa shape index (κ3) is 3.91. The summed E-state index contributed by atoms with van der Waals surface area (Å²) in [6, 6.07) is 16.8. The Balaban J connectivity index is 2.04. The predicted octanol–water partition coefficient (Wildman–Crippen LogP) is 3.88. The Labute approximate surface area is 118 Å². The summed E-state index contributed by atoms with van der Waals surface area (Å²) < 4.78 is 0. The molecule has 0 saturated carbocycles. The first-order valence-corrected chi connectivity index (χ1v) is 6.56. The molecule has 2 rings (SSSR count). The van der Waals surface area contributed by atoms with Gasteiger partial charge < -0.3 is 5.11 Å². The number of aliphatic imine (C=N–C) groups is 1. The van der Waals surface area contributed by atoms with Gasteiger partial charge in [-0.25, -0.2) is 0 Å². The zero-order valence-electron chi connectivity index (χ0n) is 10.7. The lowest BCUT2D eigenvalue weighted by Gasteiger charge is -2.15. The molecule has 1 N–H and O–H groups in total. The van der Waals surface area contributed by atoms with E-state index in [2.05, 4.69) is 4.99 Å². The molecule has 0 saturated heterocycles. The maximum atomic E-state index is 10.2. The van der Waals surface area contributed by atoms with Crippen LogP contribution in [0.2, 0.25) is 5.02 Å². The third-order valence-electron chi connectivity index (χ3n) is 2.93. The molecule has 0 unspecified atom stereocenters. The van der Waals surface area contributed by atoms with Gasteiger partial charge in [0.25, 0.3) is 0 Å². The van der Waals surface area contributed by atoms with Crippen LogP contribution in [0.15, 0.2) is 59.6 Å². The zero-order valence-corrected chi connectivity index (χ0v) is 11.5. The normalized spacial score (nSPS) is 14.5. The highest BCUT2D eigenvalue weighted by atomic mass is 35.5. The van der Waals surface area contributed by atoms with Crippen LogP contribution < -0.4 is 0 Å². The van der Waals surface area contributed by atoms with E-state index in [1.807, 2.05) is 61.5 Å². The van der Waals surface area contributed by atoms with Crippen molar-refractivity contribution in [2.45, 2.75) is 19.1 Å². The summed E-state index contributed by atoms with van der Waals surface area (Å²) in [5.74, 6) is 0. The van der Waals surface area contributed by atoms with E-state index in [-0.39, 0.29) is 6.04 Å². The van der Waals surface area contributed by atoms with Crippen molar-refractivity contribution in [3.8, 4) is 0 Å². The van der Waals surface area contributed by atoms with Gasteiger partial charge in [-0.05, 0) is 30.2 Å². The molecule has 2 atom stereocenters. The molecule has 0 heterocycles. The minimum absolute atomic E-state index is 0.196. The smallest absolute Gasteiger partial charge is 0.101 e. The fraction of sp³-hybridized carbons (Fsp3) is 0.188. The standard InChI is InChI=1S/C16H16ClNO/c1-12(16(19)14-5-3-2-4-6-14)18-11-13-7-9-15(17)10-8-13/h2-12,16,19H,1H3/t12-,16-/m0/s1. The lowest BCUT2D eigenvalue weighted by Crippen LogP contribution is -2.12. The van der Waals surface area contributed by atoms with Gasteiger partial charge in [0.1, 0.15) is 6.10 Å². The second-order valence-corrected chi connectivity index (χ2v) is 4.86. The second-order valence-electron chi connectivity index (χ2n) is 4.43. The van der Waals surface area contributed by atoms with Crippen LogP contribution in [-0.4, -0.2) is 17.4 Å². The molecule has 2 nitrogen and oxygen atoms in total. The highest BCUT2D eigenvalue weighted by Gasteiger charge is 2.13. The zero-order chi connectivity index (χ0) is 13.7. The molecule has 19 heavy (non-hydrogen) atoms. The van der Waals surface area contributed by atoms with Crippen LogP contribution in [0.25, 0.3) is 0 Å². The predicted molar refractivity (Wildman–Crippen MR) is 79.9 cm³/mol. The fourth-order valence-corrected chi connectivity index (χ4v) is 1.89.